The Morgan fingerprint density at radius 3 is 2.52 bits per heavy atom. The highest BCUT2D eigenvalue weighted by Gasteiger charge is 2.03. The van der Waals surface area contributed by atoms with Gasteiger partial charge >= 0.3 is 12.1 Å². The smallest absolute Gasteiger partial charge is 0.407 e. The van der Waals surface area contributed by atoms with Gasteiger partial charge < -0.3 is 19.9 Å². The van der Waals surface area contributed by atoms with Crippen LogP contribution in [0.1, 0.15) is 11.1 Å². The molecule has 6 nitrogen and oxygen atoms in total. The number of carboxylic acids is 1. The quantitative estimate of drug-likeness (QED) is 0.771. The van der Waals surface area contributed by atoms with Crippen LogP contribution in [0.5, 0.6) is 5.75 Å². The predicted octanol–water partition coefficient (Wildman–Crippen LogP) is 3.09. The van der Waals surface area contributed by atoms with Gasteiger partial charge in [0.25, 0.3) is 0 Å². The molecule has 0 atom stereocenters. The van der Waals surface area contributed by atoms with Gasteiger partial charge in [0.2, 0.25) is 0 Å². The van der Waals surface area contributed by atoms with Crippen LogP contribution in [0.4, 0.5) is 4.79 Å². The summed E-state index contributed by atoms with van der Waals surface area (Å²) in [6, 6.07) is 16.5. The molecule has 0 aromatic heterocycles. The van der Waals surface area contributed by atoms with Gasteiger partial charge in [0.05, 0.1) is 0 Å². The summed E-state index contributed by atoms with van der Waals surface area (Å²) in [5, 5.41) is 11.3. The molecule has 2 N–H and O–H groups in total. The summed E-state index contributed by atoms with van der Waals surface area (Å²) in [6.07, 6.45) is 2.96. The fraction of sp³-hybridized carbons (Fsp3) is 0.158. The molecule has 2 aromatic carbocycles. The third kappa shape index (κ3) is 6.78. The summed E-state index contributed by atoms with van der Waals surface area (Å²) in [5.41, 5.74) is 1.64. The van der Waals surface area contributed by atoms with Crippen molar-refractivity contribution < 1.29 is 24.2 Å². The molecule has 0 unspecified atom stereocenters. The first kappa shape index (κ1) is 18.1. The third-order valence-corrected chi connectivity index (χ3v) is 3.14. The highest BCUT2D eigenvalue weighted by molar-refractivity contribution is 5.69. The Bertz CT molecular complexity index is 728. The Hall–Kier alpha value is -3.28. The van der Waals surface area contributed by atoms with E-state index in [1.54, 1.807) is 30.4 Å². The van der Waals surface area contributed by atoms with E-state index < -0.39 is 18.7 Å². The number of hydrogen-bond donors (Lipinski definition) is 2. The highest BCUT2D eigenvalue weighted by atomic mass is 16.5. The van der Waals surface area contributed by atoms with E-state index in [0.717, 1.165) is 11.1 Å². The zero-order chi connectivity index (χ0) is 17.9. The fourth-order valence-electron chi connectivity index (χ4n) is 1.99. The summed E-state index contributed by atoms with van der Waals surface area (Å²) < 4.78 is 10.3. The molecule has 0 aliphatic rings. The lowest BCUT2D eigenvalue weighted by Crippen LogP contribution is -2.24. The lowest BCUT2D eigenvalue weighted by Gasteiger charge is -2.07. The first-order valence-corrected chi connectivity index (χ1v) is 7.70. The van der Waals surface area contributed by atoms with Crippen LogP contribution in [0.15, 0.2) is 60.7 Å². The summed E-state index contributed by atoms with van der Waals surface area (Å²) in [6.45, 7) is 0.0814. The monoisotopic (exact) mass is 341 g/mol. The van der Waals surface area contributed by atoms with Crippen molar-refractivity contribution >= 4 is 18.1 Å². The molecule has 0 aliphatic carbocycles. The molecular formula is C19H19NO5. The molecule has 25 heavy (non-hydrogen) atoms. The standard InChI is InChI=1S/C19H19NO5/c21-18(22)14-24-17-11-5-4-9-16(17)10-6-12-20-19(23)25-13-15-7-2-1-3-8-15/h1-11H,12-14H2,(H,20,23)(H,21,22). The summed E-state index contributed by atoms with van der Waals surface area (Å²) >= 11 is 0. The van der Waals surface area contributed by atoms with Crippen molar-refractivity contribution in [1.29, 1.82) is 0 Å². The van der Waals surface area contributed by atoms with Gasteiger partial charge in [-0.3, -0.25) is 0 Å². The number of rotatable bonds is 8. The number of hydrogen-bond acceptors (Lipinski definition) is 4. The molecule has 0 radical (unpaired) electrons. The van der Waals surface area contributed by atoms with Gasteiger partial charge in [-0.25, -0.2) is 9.59 Å². The van der Waals surface area contributed by atoms with Gasteiger partial charge in [0.1, 0.15) is 12.4 Å². The average Bonchev–Trinajstić information content (AvgIpc) is 2.63. The van der Waals surface area contributed by atoms with E-state index in [9.17, 15) is 9.59 Å². The maximum atomic E-state index is 11.6. The number of benzene rings is 2. The Labute approximate surface area is 145 Å². The number of carbonyl (C=O) groups is 2. The van der Waals surface area contributed by atoms with E-state index >= 15 is 0 Å². The van der Waals surface area contributed by atoms with Crippen LogP contribution < -0.4 is 10.1 Å². The summed E-state index contributed by atoms with van der Waals surface area (Å²) in [5.74, 6) is -0.575. The van der Waals surface area contributed by atoms with Gasteiger partial charge in [0, 0.05) is 12.1 Å². The minimum absolute atomic E-state index is 0.211. The zero-order valence-electron chi connectivity index (χ0n) is 13.6. The van der Waals surface area contributed by atoms with E-state index in [0.29, 0.717) is 5.75 Å². The number of carbonyl (C=O) groups excluding carboxylic acids is 1. The van der Waals surface area contributed by atoms with Crippen LogP contribution in [-0.4, -0.2) is 30.3 Å². The first-order valence-electron chi connectivity index (χ1n) is 7.70. The number of amides is 1. The number of nitrogens with one attached hydrogen (secondary N) is 1. The zero-order valence-corrected chi connectivity index (χ0v) is 13.6. The van der Waals surface area contributed by atoms with E-state index in [-0.39, 0.29) is 13.2 Å². The van der Waals surface area contributed by atoms with Crippen molar-refractivity contribution in [2.45, 2.75) is 6.61 Å². The van der Waals surface area contributed by atoms with Crippen molar-refractivity contribution in [3.05, 3.63) is 71.8 Å². The molecule has 6 heteroatoms. The topological polar surface area (TPSA) is 84.9 Å². The van der Waals surface area contributed by atoms with Crippen LogP contribution in [0.2, 0.25) is 0 Å². The largest absolute Gasteiger partial charge is 0.481 e. The normalized spacial score (nSPS) is 10.4. The van der Waals surface area contributed by atoms with Crippen molar-refractivity contribution in [2.24, 2.45) is 0 Å². The molecule has 0 heterocycles. The van der Waals surface area contributed by atoms with Crippen molar-refractivity contribution in [1.82, 2.24) is 5.32 Å². The molecule has 0 aliphatic heterocycles. The minimum atomic E-state index is -1.04. The number of ether oxygens (including phenoxy) is 2. The van der Waals surface area contributed by atoms with E-state index in [1.165, 1.54) is 0 Å². The Kier molecular flexibility index (Phi) is 7.06. The van der Waals surface area contributed by atoms with Crippen molar-refractivity contribution in [3.63, 3.8) is 0 Å². The number of carboxylic acid groups (broad SMARTS) is 1. The molecule has 1 amide bonds. The van der Waals surface area contributed by atoms with Gasteiger partial charge in [-0.05, 0) is 11.6 Å². The SMILES string of the molecule is O=C(O)COc1ccccc1C=CCNC(=O)OCc1ccccc1. The molecule has 130 valence electrons. The van der Waals surface area contributed by atoms with Crippen molar-refractivity contribution in [3.8, 4) is 5.75 Å². The molecule has 2 rings (SSSR count). The molecule has 0 saturated heterocycles. The Morgan fingerprint density at radius 1 is 1.04 bits per heavy atom. The molecule has 2 aromatic rings. The lowest BCUT2D eigenvalue weighted by molar-refractivity contribution is -0.139. The maximum Gasteiger partial charge on any atom is 0.407 e. The average molecular weight is 341 g/mol. The van der Waals surface area contributed by atoms with Crippen LogP contribution in [0.25, 0.3) is 6.08 Å². The molecule has 0 fully saturated rings. The maximum absolute atomic E-state index is 11.6. The second kappa shape index (κ2) is 9.77. The molecule has 0 saturated carbocycles. The summed E-state index contributed by atoms with van der Waals surface area (Å²) in [4.78, 5) is 22.2. The van der Waals surface area contributed by atoms with Gasteiger partial charge in [-0.1, -0.05) is 60.7 Å². The van der Waals surface area contributed by atoms with Crippen LogP contribution in [0, 0.1) is 0 Å². The number of aliphatic carboxylic acids is 1. The van der Waals surface area contributed by atoms with E-state index in [2.05, 4.69) is 5.32 Å². The summed E-state index contributed by atoms with van der Waals surface area (Å²) in [7, 11) is 0. The molecular weight excluding hydrogens is 322 g/mol. The van der Waals surface area contributed by atoms with E-state index in [4.69, 9.17) is 14.6 Å². The second-order valence-electron chi connectivity index (χ2n) is 5.07. The minimum Gasteiger partial charge on any atom is -0.481 e. The van der Waals surface area contributed by atoms with Gasteiger partial charge in [-0.2, -0.15) is 0 Å². The first-order chi connectivity index (χ1) is 12.1. The lowest BCUT2D eigenvalue weighted by atomic mass is 10.2. The predicted molar refractivity (Wildman–Crippen MR) is 93.2 cm³/mol. The third-order valence-electron chi connectivity index (χ3n) is 3.14. The highest BCUT2D eigenvalue weighted by Crippen LogP contribution is 2.19. The van der Waals surface area contributed by atoms with Crippen LogP contribution in [0.3, 0.4) is 0 Å². The van der Waals surface area contributed by atoms with Crippen LogP contribution in [-0.2, 0) is 16.1 Å². The van der Waals surface area contributed by atoms with E-state index in [1.807, 2.05) is 36.4 Å². The van der Waals surface area contributed by atoms with Crippen molar-refractivity contribution in [2.75, 3.05) is 13.2 Å². The number of alkyl carbamates (subject to hydrolysis) is 1. The molecule has 0 bridgehead atoms. The number of para-hydroxylation sites is 1. The Morgan fingerprint density at radius 2 is 1.76 bits per heavy atom. The van der Waals surface area contributed by atoms with Gasteiger partial charge in [-0.15, -0.1) is 0 Å². The fourth-order valence-corrected chi connectivity index (χ4v) is 1.99. The van der Waals surface area contributed by atoms with Crippen LogP contribution >= 0.6 is 0 Å². The second-order valence-corrected chi connectivity index (χ2v) is 5.07. The Balaban J connectivity index is 1.77. The molecule has 0 spiro atoms. The van der Waals surface area contributed by atoms with Gasteiger partial charge in [0.15, 0.2) is 6.61 Å².